The second-order valence-electron chi connectivity index (χ2n) is 4.46. The maximum atomic E-state index is 13.8. The van der Waals surface area contributed by atoms with Gasteiger partial charge in [-0.3, -0.25) is 4.79 Å². The molecule has 20 heavy (non-hydrogen) atoms. The zero-order valence-electron chi connectivity index (χ0n) is 11.4. The average Bonchev–Trinajstić information content (AvgIpc) is 2.44. The number of hydrogen-bond acceptors (Lipinski definition) is 1. The minimum atomic E-state index is -0.563. The van der Waals surface area contributed by atoms with Crippen LogP contribution in [-0.4, -0.2) is 12.5 Å². The second-order valence-corrected chi connectivity index (χ2v) is 4.90. The Bertz CT molecular complexity index is 642. The molecule has 0 unspecified atom stereocenters. The van der Waals surface area contributed by atoms with Gasteiger partial charge in [0.25, 0.3) is 5.91 Å². The summed E-state index contributed by atoms with van der Waals surface area (Å²) < 4.78 is 13.8. The molecule has 0 aliphatic rings. The van der Waals surface area contributed by atoms with E-state index in [0.717, 1.165) is 11.3 Å². The van der Waals surface area contributed by atoms with Gasteiger partial charge in [0.1, 0.15) is 5.82 Å². The smallest absolute Gasteiger partial charge is 0.261 e. The van der Waals surface area contributed by atoms with Crippen LogP contribution in [-0.2, 0) is 0 Å². The summed E-state index contributed by atoms with van der Waals surface area (Å²) in [6.07, 6.45) is 0. The molecule has 104 valence electrons. The highest BCUT2D eigenvalue weighted by atomic mass is 35.5. The Morgan fingerprint density at radius 3 is 2.60 bits per heavy atom. The molecule has 0 aliphatic heterocycles. The quantitative estimate of drug-likeness (QED) is 0.818. The van der Waals surface area contributed by atoms with Crippen LogP contribution < -0.4 is 4.90 Å². The largest absolute Gasteiger partial charge is 0.308 e. The number of aryl methyl sites for hydroxylation is 1. The predicted octanol–water partition coefficient (Wildman–Crippen LogP) is 4.45. The number of rotatable bonds is 3. The van der Waals surface area contributed by atoms with Crippen LogP contribution in [0, 0.1) is 12.7 Å². The van der Waals surface area contributed by atoms with Crippen LogP contribution in [0.4, 0.5) is 10.1 Å². The molecule has 2 aromatic carbocycles. The summed E-state index contributed by atoms with van der Waals surface area (Å²) in [4.78, 5) is 14.1. The molecule has 0 aliphatic carbocycles. The number of para-hydroxylation sites is 1. The summed E-state index contributed by atoms with van der Waals surface area (Å²) in [6, 6.07) is 11.5. The molecule has 2 nitrogen and oxygen atoms in total. The molecule has 0 spiro atoms. The minimum absolute atomic E-state index is 0.0115. The van der Waals surface area contributed by atoms with Gasteiger partial charge in [-0.1, -0.05) is 29.8 Å². The number of halogens is 2. The summed E-state index contributed by atoms with van der Waals surface area (Å²) in [7, 11) is 0. The number of carbonyl (C=O) groups is 1. The summed E-state index contributed by atoms with van der Waals surface area (Å²) in [6.45, 7) is 4.22. The second kappa shape index (κ2) is 6.06. The molecule has 0 aromatic heterocycles. The Kier molecular flexibility index (Phi) is 4.40. The molecule has 0 radical (unpaired) electrons. The van der Waals surface area contributed by atoms with Crippen molar-refractivity contribution in [1.82, 2.24) is 0 Å². The van der Waals surface area contributed by atoms with E-state index < -0.39 is 5.82 Å². The molecule has 1 amide bonds. The normalized spacial score (nSPS) is 10.4. The van der Waals surface area contributed by atoms with Gasteiger partial charge in [-0.25, -0.2) is 4.39 Å². The van der Waals surface area contributed by atoms with Crippen molar-refractivity contribution >= 4 is 23.2 Å². The first-order valence-electron chi connectivity index (χ1n) is 6.37. The molecule has 0 saturated carbocycles. The molecule has 0 saturated heterocycles. The predicted molar refractivity (Wildman–Crippen MR) is 79.9 cm³/mol. The first-order chi connectivity index (χ1) is 9.54. The van der Waals surface area contributed by atoms with Crippen molar-refractivity contribution in [2.45, 2.75) is 13.8 Å². The van der Waals surface area contributed by atoms with Gasteiger partial charge in [0, 0.05) is 17.3 Å². The Labute approximate surface area is 122 Å². The molecule has 0 N–H and O–H groups in total. The van der Waals surface area contributed by atoms with Crippen LogP contribution in [0.1, 0.15) is 22.8 Å². The number of nitrogens with zero attached hydrogens (tertiary/aromatic N) is 1. The molecule has 0 bridgehead atoms. The Morgan fingerprint density at radius 2 is 1.95 bits per heavy atom. The summed E-state index contributed by atoms with van der Waals surface area (Å²) in [5, 5.41) is 0.343. The Balaban J connectivity index is 2.45. The summed E-state index contributed by atoms with van der Waals surface area (Å²) in [5.74, 6) is -0.951. The lowest BCUT2D eigenvalue weighted by Crippen LogP contribution is -2.31. The van der Waals surface area contributed by atoms with Crippen molar-refractivity contribution in [2.75, 3.05) is 11.4 Å². The zero-order chi connectivity index (χ0) is 14.7. The summed E-state index contributed by atoms with van der Waals surface area (Å²) in [5.41, 5.74) is 1.73. The van der Waals surface area contributed by atoms with Gasteiger partial charge in [0.05, 0.1) is 5.56 Å². The van der Waals surface area contributed by atoms with Crippen LogP contribution in [0.3, 0.4) is 0 Å². The highest BCUT2D eigenvalue weighted by molar-refractivity contribution is 6.31. The molecule has 2 aromatic rings. The van der Waals surface area contributed by atoms with Crippen molar-refractivity contribution < 1.29 is 9.18 Å². The standard InChI is InChI=1S/C16H15ClFNO/c1-3-19(15-7-5-4-6-11(15)2)16(20)13-10-12(17)8-9-14(13)18/h4-10H,3H2,1-2H3. The summed E-state index contributed by atoms with van der Waals surface area (Å²) >= 11 is 5.85. The van der Waals surface area contributed by atoms with E-state index in [-0.39, 0.29) is 11.5 Å². The molecule has 0 heterocycles. The number of carbonyl (C=O) groups excluding carboxylic acids is 1. The van der Waals surface area contributed by atoms with Crippen LogP contribution in [0.5, 0.6) is 0 Å². The molecule has 4 heteroatoms. The fourth-order valence-electron chi connectivity index (χ4n) is 2.10. The maximum absolute atomic E-state index is 13.8. The van der Waals surface area contributed by atoms with Crippen molar-refractivity contribution in [3.63, 3.8) is 0 Å². The van der Waals surface area contributed by atoms with E-state index in [0.29, 0.717) is 11.6 Å². The first kappa shape index (κ1) is 14.5. The molecule has 2 rings (SSSR count). The van der Waals surface area contributed by atoms with Gasteiger partial charge in [-0.05, 0) is 43.7 Å². The SMILES string of the molecule is CCN(C(=O)c1cc(Cl)ccc1F)c1ccccc1C. The van der Waals surface area contributed by atoms with Crippen LogP contribution in [0.15, 0.2) is 42.5 Å². The highest BCUT2D eigenvalue weighted by Gasteiger charge is 2.20. The number of hydrogen-bond donors (Lipinski definition) is 0. The number of anilines is 1. The van der Waals surface area contributed by atoms with Gasteiger partial charge in [0.15, 0.2) is 0 Å². The lowest BCUT2D eigenvalue weighted by molar-refractivity contribution is 0.0984. The topological polar surface area (TPSA) is 20.3 Å². The number of benzene rings is 2. The van der Waals surface area contributed by atoms with E-state index in [4.69, 9.17) is 11.6 Å². The number of amides is 1. The minimum Gasteiger partial charge on any atom is -0.308 e. The van der Waals surface area contributed by atoms with Gasteiger partial charge in [0.2, 0.25) is 0 Å². The van der Waals surface area contributed by atoms with Crippen molar-refractivity contribution in [1.29, 1.82) is 0 Å². The van der Waals surface area contributed by atoms with E-state index in [1.54, 1.807) is 4.90 Å². The molecule has 0 fully saturated rings. The third-order valence-corrected chi connectivity index (χ3v) is 3.36. The lowest BCUT2D eigenvalue weighted by atomic mass is 10.1. The maximum Gasteiger partial charge on any atom is 0.261 e. The first-order valence-corrected chi connectivity index (χ1v) is 6.75. The van der Waals surface area contributed by atoms with Gasteiger partial charge in [-0.2, -0.15) is 0 Å². The molecular formula is C16H15ClFNO. The third kappa shape index (κ3) is 2.83. The molecular weight excluding hydrogens is 277 g/mol. The van der Waals surface area contributed by atoms with E-state index in [1.807, 2.05) is 38.1 Å². The van der Waals surface area contributed by atoms with Crippen molar-refractivity contribution in [3.8, 4) is 0 Å². The third-order valence-electron chi connectivity index (χ3n) is 3.13. The van der Waals surface area contributed by atoms with Gasteiger partial charge >= 0.3 is 0 Å². The van der Waals surface area contributed by atoms with Crippen molar-refractivity contribution in [3.05, 3.63) is 64.4 Å². The Morgan fingerprint density at radius 1 is 1.25 bits per heavy atom. The van der Waals surface area contributed by atoms with E-state index in [9.17, 15) is 9.18 Å². The van der Waals surface area contributed by atoms with Crippen molar-refractivity contribution in [2.24, 2.45) is 0 Å². The lowest BCUT2D eigenvalue weighted by Gasteiger charge is -2.23. The fraction of sp³-hybridized carbons (Fsp3) is 0.188. The highest BCUT2D eigenvalue weighted by Crippen LogP contribution is 2.23. The van der Waals surface area contributed by atoms with Gasteiger partial charge in [-0.15, -0.1) is 0 Å². The molecule has 0 atom stereocenters. The van der Waals surface area contributed by atoms with Crippen LogP contribution in [0.25, 0.3) is 0 Å². The average molecular weight is 292 g/mol. The van der Waals surface area contributed by atoms with E-state index >= 15 is 0 Å². The fourth-order valence-corrected chi connectivity index (χ4v) is 2.27. The van der Waals surface area contributed by atoms with Crippen LogP contribution >= 0.6 is 11.6 Å². The van der Waals surface area contributed by atoms with E-state index in [2.05, 4.69) is 0 Å². The Hall–Kier alpha value is -1.87. The van der Waals surface area contributed by atoms with E-state index in [1.165, 1.54) is 18.2 Å². The zero-order valence-corrected chi connectivity index (χ0v) is 12.1. The van der Waals surface area contributed by atoms with Crippen LogP contribution in [0.2, 0.25) is 5.02 Å². The van der Waals surface area contributed by atoms with Gasteiger partial charge < -0.3 is 4.90 Å². The monoisotopic (exact) mass is 291 g/mol.